The number of hydrogen-bond acceptors (Lipinski definition) is 4. The minimum atomic E-state index is -0.295. The number of anilines is 1. The number of aryl methyl sites for hydroxylation is 1. The summed E-state index contributed by atoms with van der Waals surface area (Å²) in [5.41, 5.74) is 2.57. The van der Waals surface area contributed by atoms with Crippen LogP contribution in [0.1, 0.15) is 41.5 Å². The van der Waals surface area contributed by atoms with Crippen LogP contribution in [-0.2, 0) is 17.7 Å². The minimum Gasteiger partial charge on any atom is -0.462 e. The third kappa shape index (κ3) is 2.39. The molecule has 1 aromatic heterocycles. The highest BCUT2D eigenvalue weighted by Gasteiger charge is 2.31. The largest absolute Gasteiger partial charge is 0.462 e. The summed E-state index contributed by atoms with van der Waals surface area (Å²) in [5, 5.41) is 7.95. The SMILES string of the molecule is CCOC(=O)c1c(CC)nn2c1NC(c1ccccc1)C2. The van der Waals surface area contributed by atoms with E-state index in [1.54, 1.807) is 0 Å². The van der Waals surface area contributed by atoms with Gasteiger partial charge in [-0.15, -0.1) is 0 Å². The van der Waals surface area contributed by atoms with Gasteiger partial charge in [-0.1, -0.05) is 37.3 Å². The zero-order valence-electron chi connectivity index (χ0n) is 12.3. The Morgan fingerprint density at radius 2 is 2.14 bits per heavy atom. The van der Waals surface area contributed by atoms with Gasteiger partial charge in [-0.05, 0) is 18.9 Å². The first kappa shape index (κ1) is 13.7. The number of benzene rings is 1. The molecule has 0 fully saturated rings. The Bertz CT molecular complexity index is 649. The summed E-state index contributed by atoms with van der Waals surface area (Å²) in [6.45, 7) is 4.91. The Balaban J connectivity index is 1.92. The summed E-state index contributed by atoms with van der Waals surface area (Å²) < 4.78 is 7.04. The van der Waals surface area contributed by atoms with Crippen molar-refractivity contribution in [3.05, 3.63) is 47.2 Å². The summed E-state index contributed by atoms with van der Waals surface area (Å²) in [4.78, 5) is 12.2. The minimum absolute atomic E-state index is 0.146. The molecule has 0 bridgehead atoms. The van der Waals surface area contributed by atoms with Crippen LogP contribution in [0.25, 0.3) is 0 Å². The van der Waals surface area contributed by atoms with E-state index in [9.17, 15) is 4.79 Å². The molecule has 1 atom stereocenters. The van der Waals surface area contributed by atoms with E-state index in [1.165, 1.54) is 5.56 Å². The average Bonchev–Trinajstić information content (AvgIpc) is 3.05. The molecule has 0 saturated carbocycles. The molecular weight excluding hydrogens is 266 g/mol. The normalized spacial score (nSPS) is 16.4. The van der Waals surface area contributed by atoms with Gasteiger partial charge >= 0.3 is 5.97 Å². The second kappa shape index (κ2) is 5.60. The summed E-state index contributed by atoms with van der Waals surface area (Å²) in [6, 6.07) is 10.3. The number of nitrogens with zero attached hydrogens (tertiary/aromatic N) is 2. The molecule has 1 aromatic carbocycles. The van der Waals surface area contributed by atoms with Crippen molar-refractivity contribution in [1.29, 1.82) is 0 Å². The molecule has 0 spiro atoms. The number of esters is 1. The van der Waals surface area contributed by atoms with Crippen LogP contribution in [0, 0.1) is 0 Å². The number of carbonyl (C=O) groups is 1. The van der Waals surface area contributed by atoms with Gasteiger partial charge in [0.15, 0.2) is 0 Å². The van der Waals surface area contributed by atoms with Crippen LogP contribution < -0.4 is 5.32 Å². The zero-order valence-corrected chi connectivity index (χ0v) is 12.3. The standard InChI is InChI=1S/C16H19N3O2/c1-3-12-14(16(20)21-4-2)15-17-13(10-19(15)18-12)11-8-6-5-7-9-11/h5-9,13,17H,3-4,10H2,1-2H3. The summed E-state index contributed by atoms with van der Waals surface area (Å²) in [7, 11) is 0. The molecule has 0 radical (unpaired) electrons. The van der Waals surface area contributed by atoms with Crippen molar-refractivity contribution in [3.8, 4) is 0 Å². The van der Waals surface area contributed by atoms with Crippen LogP contribution in [0.3, 0.4) is 0 Å². The third-order valence-electron chi connectivity index (χ3n) is 3.71. The molecule has 5 nitrogen and oxygen atoms in total. The first-order chi connectivity index (χ1) is 10.2. The quantitative estimate of drug-likeness (QED) is 0.878. The maximum Gasteiger partial charge on any atom is 0.343 e. The second-order valence-electron chi connectivity index (χ2n) is 5.03. The molecule has 21 heavy (non-hydrogen) atoms. The Morgan fingerprint density at radius 1 is 1.38 bits per heavy atom. The fourth-order valence-electron chi connectivity index (χ4n) is 2.71. The number of ether oxygens (including phenoxy) is 1. The third-order valence-corrected chi connectivity index (χ3v) is 3.71. The van der Waals surface area contributed by atoms with E-state index in [-0.39, 0.29) is 12.0 Å². The molecule has 1 N–H and O–H groups in total. The average molecular weight is 285 g/mol. The van der Waals surface area contributed by atoms with Gasteiger partial charge in [0.05, 0.1) is 24.9 Å². The van der Waals surface area contributed by atoms with Crippen molar-refractivity contribution in [1.82, 2.24) is 9.78 Å². The molecule has 5 heteroatoms. The fourth-order valence-corrected chi connectivity index (χ4v) is 2.71. The summed E-state index contributed by atoms with van der Waals surface area (Å²) in [5.74, 6) is 0.482. The Labute approximate surface area is 123 Å². The highest BCUT2D eigenvalue weighted by molar-refractivity contribution is 5.96. The molecule has 1 unspecified atom stereocenters. The summed E-state index contributed by atoms with van der Waals surface area (Å²) >= 11 is 0. The highest BCUT2D eigenvalue weighted by atomic mass is 16.5. The number of fused-ring (bicyclic) bond motifs is 1. The predicted molar refractivity (Wildman–Crippen MR) is 80.4 cm³/mol. The van der Waals surface area contributed by atoms with Crippen LogP contribution in [0.15, 0.2) is 30.3 Å². The van der Waals surface area contributed by atoms with Crippen molar-refractivity contribution in [2.45, 2.75) is 32.9 Å². The first-order valence-electron chi connectivity index (χ1n) is 7.32. The molecule has 1 aliphatic heterocycles. The Morgan fingerprint density at radius 3 is 2.81 bits per heavy atom. The fraction of sp³-hybridized carbons (Fsp3) is 0.375. The maximum atomic E-state index is 12.2. The number of carbonyl (C=O) groups excluding carboxylic acids is 1. The van der Waals surface area contributed by atoms with E-state index in [0.29, 0.717) is 18.6 Å². The van der Waals surface area contributed by atoms with Crippen LogP contribution in [0.2, 0.25) is 0 Å². The highest BCUT2D eigenvalue weighted by Crippen LogP contribution is 2.33. The van der Waals surface area contributed by atoms with Gasteiger partial charge in [-0.3, -0.25) is 0 Å². The van der Waals surface area contributed by atoms with Gasteiger partial charge in [0.25, 0.3) is 0 Å². The number of aromatic nitrogens is 2. The van der Waals surface area contributed by atoms with E-state index >= 15 is 0 Å². The molecule has 110 valence electrons. The van der Waals surface area contributed by atoms with Crippen LogP contribution in [0.4, 0.5) is 5.82 Å². The summed E-state index contributed by atoms with van der Waals surface area (Å²) in [6.07, 6.45) is 0.714. The van der Waals surface area contributed by atoms with Crippen molar-refractivity contribution in [2.75, 3.05) is 11.9 Å². The Hall–Kier alpha value is -2.30. The molecule has 2 aromatic rings. The second-order valence-corrected chi connectivity index (χ2v) is 5.03. The van der Waals surface area contributed by atoms with Crippen LogP contribution >= 0.6 is 0 Å². The van der Waals surface area contributed by atoms with Crippen molar-refractivity contribution in [3.63, 3.8) is 0 Å². The lowest BCUT2D eigenvalue weighted by Gasteiger charge is -2.11. The van der Waals surface area contributed by atoms with Crippen molar-refractivity contribution in [2.24, 2.45) is 0 Å². The van der Waals surface area contributed by atoms with E-state index in [4.69, 9.17) is 4.74 Å². The lowest BCUT2D eigenvalue weighted by molar-refractivity contribution is 0.0526. The first-order valence-corrected chi connectivity index (χ1v) is 7.32. The van der Waals surface area contributed by atoms with Gasteiger partial charge in [0.2, 0.25) is 0 Å². The van der Waals surface area contributed by atoms with Gasteiger partial charge < -0.3 is 10.1 Å². The molecule has 0 aliphatic carbocycles. The van der Waals surface area contributed by atoms with Gasteiger partial charge in [0, 0.05) is 0 Å². The molecule has 0 saturated heterocycles. The van der Waals surface area contributed by atoms with Gasteiger partial charge in [-0.25, -0.2) is 9.48 Å². The molecule has 3 rings (SSSR count). The van der Waals surface area contributed by atoms with Crippen molar-refractivity contribution < 1.29 is 9.53 Å². The lowest BCUT2D eigenvalue weighted by atomic mass is 10.1. The number of hydrogen-bond donors (Lipinski definition) is 1. The van der Waals surface area contributed by atoms with E-state index in [2.05, 4.69) is 22.5 Å². The number of nitrogens with one attached hydrogen (secondary N) is 1. The maximum absolute atomic E-state index is 12.2. The lowest BCUT2D eigenvalue weighted by Crippen LogP contribution is -2.12. The van der Waals surface area contributed by atoms with E-state index < -0.39 is 0 Å². The smallest absolute Gasteiger partial charge is 0.343 e. The monoisotopic (exact) mass is 285 g/mol. The predicted octanol–water partition coefficient (Wildman–Crippen LogP) is 2.79. The molecule has 2 heterocycles. The zero-order chi connectivity index (χ0) is 14.8. The van der Waals surface area contributed by atoms with E-state index in [1.807, 2.05) is 36.7 Å². The van der Waals surface area contributed by atoms with Gasteiger partial charge in [-0.2, -0.15) is 5.10 Å². The van der Waals surface area contributed by atoms with Crippen molar-refractivity contribution >= 4 is 11.8 Å². The van der Waals surface area contributed by atoms with Crippen LogP contribution in [-0.4, -0.2) is 22.4 Å². The molecule has 0 amide bonds. The topological polar surface area (TPSA) is 56.1 Å². The van der Waals surface area contributed by atoms with Crippen LogP contribution in [0.5, 0.6) is 0 Å². The Kier molecular flexibility index (Phi) is 3.64. The molecule has 1 aliphatic rings. The van der Waals surface area contributed by atoms with Gasteiger partial charge in [0.1, 0.15) is 11.4 Å². The van der Waals surface area contributed by atoms with E-state index in [0.717, 1.165) is 18.1 Å². The molecular formula is C16H19N3O2. The number of rotatable bonds is 4.